The first-order valence-corrected chi connectivity index (χ1v) is 11.0. The van der Waals surface area contributed by atoms with Crippen molar-refractivity contribution in [2.45, 2.75) is 88.0 Å². The van der Waals surface area contributed by atoms with Crippen molar-refractivity contribution in [2.24, 2.45) is 11.8 Å². The zero-order valence-electron chi connectivity index (χ0n) is 19.3. The minimum absolute atomic E-state index is 0.360. The van der Waals surface area contributed by atoms with Crippen molar-refractivity contribution in [1.82, 2.24) is 0 Å². The van der Waals surface area contributed by atoms with Gasteiger partial charge in [0.1, 0.15) is 0 Å². The van der Waals surface area contributed by atoms with Gasteiger partial charge in [0, 0.05) is 11.8 Å². The Kier molecular flexibility index (Phi) is 10.8. The fraction of sp³-hybridized carbons (Fsp3) is 1.00. The summed E-state index contributed by atoms with van der Waals surface area (Å²) in [5.41, 5.74) is -10.1. The van der Waals surface area contributed by atoms with Crippen molar-refractivity contribution >= 4 is 0 Å². The van der Waals surface area contributed by atoms with Gasteiger partial charge in [0.2, 0.25) is 0 Å². The van der Waals surface area contributed by atoms with Crippen LogP contribution in [0.4, 0.5) is 52.7 Å². The van der Waals surface area contributed by atoms with E-state index in [1.165, 1.54) is 6.92 Å². The van der Waals surface area contributed by atoms with Crippen molar-refractivity contribution < 1.29 is 72.0 Å². The number of aliphatic hydroxyl groups excluding tert-OH is 1. The lowest BCUT2D eigenvalue weighted by molar-refractivity contribution is -0.416. The third-order valence-electron chi connectivity index (χ3n) is 6.32. The van der Waals surface area contributed by atoms with Crippen LogP contribution >= 0.6 is 0 Å². The van der Waals surface area contributed by atoms with Gasteiger partial charge < -0.3 is 19.3 Å². The van der Waals surface area contributed by atoms with Crippen LogP contribution in [-0.2, 0) is 14.2 Å². The lowest BCUT2D eigenvalue weighted by Gasteiger charge is -2.49. The molecule has 0 bridgehead atoms. The standard InChI is InChI=1S/C20H28F12O4/c1-3-12(2)34-9-10-36-16(19(27,28)29,20(30,31)32)14-6-4-5-13(11-14)15(17(21,22)23,18(24,25)26)35-8-7-33/h12-14,33H,3-11H2,1-2H3. The zero-order valence-corrected chi connectivity index (χ0v) is 19.3. The van der Waals surface area contributed by atoms with Crippen LogP contribution in [-0.4, -0.2) is 73.5 Å². The van der Waals surface area contributed by atoms with E-state index in [0.29, 0.717) is 6.42 Å². The summed E-state index contributed by atoms with van der Waals surface area (Å²) in [6.45, 7) is -1.71. The first-order valence-electron chi connectivity index (χ1n) is 11.0. The molecule has 16 heteroatoms. The Labute approximate surface area is 199 Å². The molecule has 0 heterocycles. The Morgan fingerprint density at radius 3 is 1.42 bits per heavy atom. The van der Waals surface area contributed by atoms with E-state index in [1.807, 2.05) is 0 Å². The molecule has 1 fully saturated rings. The second-order valence-electron chi connectivity index (χ2n) is 8.53. The number of hydrogen-bond donors (Lipinski definition) is 1. The first-order chi connectivity index (χ1) is 16.2. The van der Waals surface area contributed by atoms with E-state index in [0.717, 1.165) is 0 Å². The van der Waals surface area contributed by atoms with E-state index in [2.05, 4.69) is 9.47 Å². The van der Waals surface area contributed by atoms with Crippen molar-refractivity contribution in [1.29, 1.82) is 0 Å². The minimum Gasteiger partial charge on any atom is -0.394 e. The summed E-state index contributed by atoms with van der Waals surface area (Å²) in [5, 5.41) is 8.74. The molecule has 1 aliphatic carbocycles. The maximum absolute atomic E-state index is 14.0. The summed E-state index contributed by atoms with van der Waals surface area (Å²) >= 11 is 0. The van der Waals surface area contributed by atoms with Gasteiger partial charge in [-0.15, -0.1) is 0 Å². The average molecular weight is 560 g/mol. The molecule has 216 valence electrons. The third-order valence-corrected chi connectivity index (χ3v) is 6.32. The fourth-order valence-electron chi connectivity index (χ4n) is 4.51. The van der Waals surface area contributed by atoms with E-state index >= 15 is 0 Å². The summed E-state index contributed by atoms with van der Waals surface area (Å²) in [7, 11) is 0. The molecule has 36 heavy (non-hydrogen) atoms. The van der Waals surface area contributed by atoms with Gasteiger partial charge in [0.15, 0.2) is 0 Å². The predicted octanol–water partition coefficient (Wildman–Crippen LogP) is 6.36. The highest BCUT2D eigenvalue weighted by Crippen LogP contribution is 2.59. The van der Waals surface area contributed by atoms with Crippen LogP contribution in [0.2, 0.25) is 0 Å². The molecular formula is C20H28F12O4. The molecule has 0 spiro atoms. The Balaban J connectivity index is 3.54. The van der Waals surface area contributed by atoms with Crippen LogP contribution in [0.1, 0.15) is 46.0 Å². The lowest BCUT2D eigenvalue weighted by Crippen LogP contribution is -2.68. The normalized spacial score (nSPS) is 22.1. The molecule has 3 atom stereocenters. The number of halogens is 12. The number of rotatable bonds is 11. The highest BCUT2D eigenvalue weighted by molar-refractivity contribution is 5.08. The Hall–Kier alpha value is -1.00. The van der Waals surface area contributed by atoms with Crippen molar-refractivity contribution in [3.63, 3.8) is 0 Å². The topological polar surface area (TPSA) is 47.9 Å². The quantitative estimate of drug-likeness (QED) is 0.236. The maximum Gasteiger partial charge on any atom is 0.426 e. The smallest absolute Gasteiger partial charge is 0.394 e. The Bertz CT molecular complexity index is 644. The van der Waals surface area contributed by atoms with E-state index in [9.17, 15) is 52.7 Å². The highest BCUT2D eigenvalue weighted by Gasteiger charge is 2.79. The van der Waals surface area contributed by atoms with Gasteiger partial charge in [-0.05, 0) is 32.6 Å². The van der Waals surface area contributed by atoms with Gasteiger partial charge in [-0.3, -0.25) is 0 Å². The second-order valence-corrected chi connectivity index (χ2v) is 8.53. The van der Waals surface area contributed by atoms with E-state index in [1.54, 1.807) is 6.92 Å². The average Bonchev–Trinajstić information content (AvgIpc) is 2.70. The zero-order chi connectivity index (χ0) is 28.2. The van der Waals surface area contributed by atoms with Crippen LogP contribution in [0.25, 0.3) is 0 Å². The number of ether oxygens (including phenoxy) is 3. The molecule has 0 radical (unpaired) electrons. The molecule has 0 saturated heterocycles. The summed E-state index contributed by atoms with van der Waals surface area (Å²) in [4.78, 5) is 0. The molecule has 1 aliphatic rings. The summed E-state index contributed by atoms with van der Waals surface area (Å²) in [5.74, 6) is -5.71. The lowest BCUT2D eigenvalue weighted by atomic mass is 9.66. The van der Waals surface area contributed by atoms with Gasteiger partial charge in [0.25, 0.3) is 11.2 Å². The summed E-state index contributed by atoms with van der Waals surface area (Å²) < 4.78 is 180. The van der Waals surface area contributed by atoms with Crippen LogP contribution in [0.5, 0.6) is 0 Å². The molecule has 1 N–H and O–H groups in total. The predicted molar refractivity (Wildman–Crippen MR) is 99.8 cm³/mol. The molecule has 4 nitrogen and oxygen atoms in total. The van der Waals surface area contributed by atoms with Crippen molar-refractivity contribution in [2.75, 3.05) is 26.4 Å². The van der Waals surface area contributed by atoms with Gasteiger partial charge in [-0.25, -0.2) is 0 Å². The number of aliphatic hydroxyl groups is 1. The first kappa shape index (κ1) is 33.0. The molecule has 3 unspecified atom stereocenters. The molecular weight excluding hydrogens is 532 g/mol. The maximum atomic E-state index is 14.0. The van der Waals surface area contributed by atoms with Gasteiger partial charge >= 0.3 is 24.7 Å². The molecule has 1 rings (SSSR count). The molecule has 0 amide bonds. The van der Waals surface area contributed by atoms with E-state index < -0.39 is 106 Å². The molecule has 0 aromatic heterocycles. The molecule has 1 saturated carbocycles. The van der Waals surface area contributed by atoms with Gasteiger partial charge in [-0.1, -0.05) is 13.3 Å². The number of alkyl halides is 12. The fourth-order valence-corrected chi connectivity index (χ4v) is 4.51. The summed E-state index contributed by atoms with van der Waals surface area (Å²) in [6, 6.07) is 0. The van der Waals surface area contributed by atoms with Crippen molar-refractivity contribution in [3.05, 3.63) is 0 Å². The highest BCUT2D eigenvalue weighted by atomic mass is 19.4. The van der Waals surface area contributed by atoms with Crippen LogP contribution < -0.4 is 0 Å². The van der Waals surface area contributed by atoms with Gasteiger partial charge in [-0.2, -0.15) is 52.7 Å². The van der Waals surface area contributed by atoms with Crippen LogP contribution in [0.15, 0.2) is 0 Å². The number of hydrogen-bond acceptors (Lipinski definition) is 4. The van der Waals surface area contributed by atoms with E-state index in [-0.39, 0.29) is 0 Å². The molecule has 0 aliphatic heterocycles. The molecule has 0 aromatic carbocycles. The second kappa shape index (κ2) is 11.8. The Morgan fingerprint density at radius 1 is 0.694 bits per heavy atom. The van der Waals surface area contributed by atoms with Crippen LogP contribution in [0, 0.1) is 11.8 Å². The summed E-state index contributed by atoms with van der Waals surface area (Å²) in [6.07, 6.45) is -29.9. The molecule has 0 aromatic rings. The van der Waals surface area contributed by atoms with Crippen LogP contribution in [0.3, 0.4) is 0 Å². The minimum atomic E-state index is -6.27. The van der Waals surface area contributed by atoms with Gasteiger partial charge in [0.05, 0.1) is 32.5 Å². The third kappa shape index (κ3) is 6.52. The monoisotopic (exact) mass is 560 g/mol. The van der Waals surface area contributed by atoms with E-state index in [4.69, 9.17) is 9.84 Å². The van der Waals surface area contributed by atoms with Crippen molar-refractivity contribution in [3.8, 4) is 0 Å². The largest absolute Gasteiger partial charge is 0.426 e. The Morgan fingerprint density at radius 2 is 1.08 bits per heavy atom. The SMILES string of the molecule is CCC(C)OCCOC(C1CCCC(C(OCCO)(C(F)(F)F)C(F)(F)F)C1)(C(F)(F)F)C(F)(F)F.